The molecule has 0 bridgehead atoms. The Kier molecular flexibility index (Phi) is 4.13. The predicted octanol–water partition coefficient (Wildman–Crippen LogP) is 1.18. The fourth-order valence-electron chi connectivity index (χ4n) is 1.75. The van der Waals surface area contributed by atoms with Crippen LogP contribution >= 0.6 is 0 Å². The first kappa shape index (κ1) is 14.7. The van der Waals surface area contributed by atoms with Crippen molar-refractivity contribution < 1.29 is 18.3 Å². The molecule has 6 heteroatoms. The van der Waals surface area contributed by atoms with Crippen LogP contribution in [0.5, 0.6) is 0 Å². The van der Waals surface area contributed by atoms with Crippen LogP contribution in [0.4, 0.5) is 0 Å². The highest BCUT2D eigenvalue weighted by Crippen LogP contribution is 2.25. The number of hydrogen-bond acceptors (Lipinski definition) is 4. The maximum atomic E-state index is 11.5. The zero-order chi connectivity index (χ0) is 14.1. The number of carboxylic acid groups (broad SMARTS) is 1. The van der Waals surface area contributed by atoms with Crippen LogP contribution in [0.15, 0.2) is 17.0 Å². The molecule has 0 aliphatic rings. The average Bonchev–Trinajstić information content (AvgIpc) is 2.18. The van der Waals surface area contributed by atoms with E-state index in [-0.39, 0.29) is 11.3 Å². The fraction of sp³-hybridized carbons (Fsp3) is 0.417. The van der Waals surface area contributed by atoms with Gasteiger partial charge >= 0.3 is 5.97 Å². The zero-order valence-corrected chi connectivity index (χ0v) is 11.4. The Bertz CT molecular complexity index is 578. The third kappa shape index (κ3) is 3.30. The molecule has 0 radical (unpaired) electrons. The van der Waals surface area contributed by atoms with Crippen molar-refractivity contribution in [3.05, 3.63) is 28.8 Å². The molecular weight excluding hydrogens is 254 g/mol. The Labute approximate surface area is 107 Å². The second-order valence-electron chi connectivity index (χ2n) is 4.43. The minimum atomic E-state index is -3.33. The molecule has 0 amide bonds. The second kappa shape index (κ2) is 5.07. The van der Waals surface area contributed by atoms with Crippen molar-refractivity contribution in [2.45, 2.75) is 31.2 Å². The molecule has 1 aromatic rings. The van der Waals surface area contributed by atoms with Gasteiger partial charge in [0.05, 0.1) is 11.3 Å². The second-order valence-corrected chi connectivity index (χ2v) is 6.45. The van der Waals surface area contributed by atoms with Crippen molar-refractivity contribution in [1.82, 2.24) is 0 Å². The first-order valence-electron chi connectivity index (χ1n) is 5.41. The number of carboxylic acids is 1. The number of benzene rings is 1. The number of sulfone groups is 1. The van der Waals surface area contributed by atoms with Gasteiger partial charge < -0.3 is 10.8 Å². The summed E-state index contributed by atoms with van der Waals surface area (Å²) in [7, 11) is -3.33. The van der Waals surface area contributed by atoms with Crippen molar-refractivity contribution in [2.75, 3.05) is 6.26 Å². The quantitative estimate of drug-likeness (QED) is 0.857. The van der Waals surface area contributed by atoms with Crippen LogP contribution in [0.2, 0.25) is 0 Å². The largest absolute Gasteiger partial charge is 0.481 e. The number of nitrogens with two attached hydrogens (primary N) is 1. The molecule has 1 atom stereocenters. The summed E-state index contributed by atoms with van der Waals surface area (Å²) in [6.07, 6.45) is 0.886. The molecule has 0 spiro atoms. The Morgan fingerprint density at radius 3 is 2.39 bits per heavy atom. The van der Waals surface area contributed by atoms with Gasteiger partial charge in [-0.15, -0.1) is 0 Å². The van der Waals surface area contributed by atoms with E-state index in [0.717, 1.165) is 17.4 Å². The minimum absolute atomic E-state index is 0.168. The zero-order valence-electron chi connectivity index (χ0n) is 10.6. The lowest BCUT2D eigenvalue weighted by Gasteiger charge is -2.16. The van der Waals surface area contributed by atoms with Crippen LogP contribution in [-0.2, 0) is 14.6 Å². The normalized spacial score (nSPS) is 13.3. The molecule has 1 unspecified atom stereocenters. The molecule has 1 rings (SSSR count). The summed E-state index contributed by atoms with van der Waals surface area (Å²) in [6.45, 7) is 3.58. The summed E-state index contributed by atoms with van der Waals surface area (Å²) in [6, 6.07) is 2.33. The summed E-state index contributed by atoms with van der Waals surface area (Å²) in [5, 5.41) is 8.74. The lowest BCUT2D eigenvalue weighted by Crippen LogP contribution is -2.17. The van der Waals surface area contributed by atoms with E-state index in [1.54, 1.807) is 19.9 Å². The highest BCUT2D eigenvalue weighted by molar-refractivity contribution is 7.90. The summed E-state index contributed by atoms with van der Waals surface area (Å²) in [5.41, 5.74) is 7.99. The van der Waals surface area contributed by atoms with Crippen LogP contribution in [0.25, 0.3) is 0 Å². The molecule has 1 aromatic carbocycles. The summed E-state index contributed by atoms with van der Waals surface area (Å²) < 4.78 is 23.1. The van der Waals surface area contributed by atoms with Gasteiger partial charge in [-0.3, -0.25) is 4.79 Å². The highest BCUT2D eigenvalue weighted by atomic mass is 32.2. The molecule has 0 saturated heterocycles. The maximum absolute atomic E-state index is 11.5. The molecule has 5 nitrogen and oxygen atoms in total. The van der Waals surface area contributed by atoms with Crippen LogP contribution in [-0.4, -0.2) is 25.7 Å². The van der Waals surface area contributed by atoms with Crippen LogP contribution < -0.4 is 5.73 Å². The van der Waals surface area contributed by atoms with Gasteiger partial charge in [0.1, 0.15) is 0 Å². The lowest BCUT2D eigenvalue weighted by molar-refractivity contribution is -0.137. The number of aliphatic carboxylic acids is 1. The molecule has 0 aromatic heterocycles. The highest BCUT2D eigenvalue weighted by Gasteiger charge is 2.18. The average molecular weight is 271 g/mol. The number of rotatable bonds is 4. The Morgan fingerprint density at radius 1 is 1.39 bits per heavy atom. The van der Waals surface area contributed by atoms with E-state index in [1.807, 2.05) is 0 Å². The van der Waals surface area contributed by atoms with E-state index in [9.17, 15) is 13.2 Å². The van der Waals surface area contributed by atoms with Crippen molar-refractivity contribution >= 4 is 15.8 Å². The number of aryl methyl sites for hydroxylation is 1. The van der Waals surface area contributed by atoms with Crippen LogP contribution in [0, 0.1) is 13.8 Å². The van der Waals surface area contributed by atoms with Gasteiger partial charge in [-0.1, -0.05) is 0 Å². The standard InChI is InChI=1S/C12H17NO4S/c1-7-4-9(18(3,16)17)5-10(8(7)2)11(13)6-12(14)15/h4-5,11H,6,13H2,1-3H3,(H,14,15). The van der Waals surface area contributed by atoms with E-state index >= 15 is 0 Å². The van der Waals surface area contributed by atoms with E-state index < -0.39 is 21.8 Å². The fourth-order valence-corrected chi connectivity index (χ4v) is 2.48. The molecule has 0 heterocycles. The van der Waals surface area contributed by atoms with E-state index in [1.165, 1.54) is 6.07 Å². The van der Waals surface area contributed by atoms with Gasteiger partial charge in [0.25, 0.3) is 0 Å². The first-order chi connectivity index (χ1) is 8.12. The SMILES string of the molecule is Cc1cc(S(C)(=O)=O)cc(C(N)CC(=O)O)c1C. The van der Waals surface area contributed by atoms with Gasteiger partial charge in [0.15, 0.2) is 9.84 Å². The van der Waals surface area contributed by atoms with Crippen molar-refractivity contribution in [1.29, 1.82) is 0 Å². The monoisotopic (exact) mass is 271 g/mol. The van der Waals surface area contributed by atoms with Gasteiger partial charge in [0.2, 0.25) is 0 Å². The van der Waals surface area contributed by atoms with Gasteiger partial charge in [-0.05, 0) is 42.7 Å². The first-order valence-corrected chi connectivity index (χ1v) is 7.30. The summed E-state index contributed by atoms with van der Waals surface area (Å²) in [5.74, 6) is -1.01. The topological polar surface area (TPSA) is 97.5 Å². The van der Waals surface area contributed by atoms with E-state index in [0.29, 0.717) is 5.56 Å². The van der Waals surface area contributed by atoms with E-state index in [2.05, 4.69) is 0 Å². The molecular formula is C12H17NO4S. The van der Waals surface area contributed by atoms with Crippen molar-refractivity contribution in [3.8, 4) is 0 Å². The smallest absolute Gasteiger partial charge is 0.305 e. The Balaban J connectivity index is 3.35. The third-order valence-corrected chi connectivity index (χ3v) is 4.00. The van der Waals surface area contributed by atoms with Crippen LogP contribution in [0.1, 0.15) is 29.2 Å². The summed E-state index contributed by atoms with van der Waals surface area (Å²) >= 11 is 0. The predicted molar refractivity (Wildman–Crippen MR) is 68.2 cm³/mol. The van der Waals surface area contributed by atoms with Crippen molar-refractivity contribution in [3.63, 3.8) is 0 Å². The molecule has 0 fully saturated rings. The Hall–Kier alpha value is -1.40. The molecule has 0 saturated carbocycles. The molecule has 100 valence electrons. The molecule has 18 heavy (non-hydrogen) atoms. The minimum Gasteiger partial charge on any atom is -0.481 e. The van der Waals surface area contributed by atoms with E-state index in [4.69, 9.17) is 10.8 Å². The van der Waals surface area contributed by atoms with Gasteiger partial charge in [-0.2, -0.15) is 0 Å². The maximum Gasteiger partial charge on any atom is 0.305 e. The van der Waals surface area contributed by atoms with Gasteiger partial charge in [0, 0.05) is 12.3 Å². The Morgan fingerprint density at radius 2 is 1.94 bits per heavy atom. The summed E-state index contributed by atoms with van der Waals surface area (Å²) in [4.78, 5) is 10.8. The molecule has 0 aliphatic carbocycles. The third-order valence-electron chi connectivity index (χ3n) is 2.90. The molecule has 3 N–H and O–H groups in total. The van der Waals surface area contributed by atoms with Crippen molar-refractivity contribution in [2.24, 2.45) is 5.73 Å². The molecule has 0 aliphatic heterocycles. The number of carbonyl (C=O) groups is 1. The van der Waals surface area contributed by atoms with Gasteiger partial charge in [-0.25, -0.2) is 8.42 Å². The lowest BCUT2D eigenvalue weighted by atomic mass is 9.96. The van der Waals surface area contributed by atoms with Crippen LogP contribution in [0.3, 0.4) is 0 Å². The number of hydrogen-bond donors (Lipinski definition) is 2.